The van der Waals surface area contributed by atoms with E-state index in [1.165, 1.54) is 11.1 Å². The van der Waals surface area contributed by atoms with Crippen LogP contribution in [0.25, 0.3) is 11.0 Å². The van der Waals surface area contributed by atoms with Crippen LogP contribution in [0.2, 0.25) is 0 Å². The van der Waals surface area contributed by atoms with Crippen LogP contribution in [0.1, 0.15) is 30.7 Å². The Morgan fingerprint density at radius 3 is 2.75 bits per heavy atom. The molecule has 0 bridgehead atoms. The van der Waals surface area contributed by atoms with Crippen molar-refractivity contribution in [3.05, 3.63) is 66.0 Å². The van der Waals surface area contributed by atoms with Gasteiger partial charge in [0.05, 0.1) is 11.0 Å². The molecular formula is C23H27N3O2. The van der Waals surface area contributed by atoms with Crippen LogP contribution in [0, 0.1) is 0 Å². The summed E-state index contributed by atoms with van der Waals surface area (Å²) in [5.41, 5.74) is 3.54. The molecule has 0 spiro atoms. The zero-order valence-corrected chi connectivity index (χ0v) is 16.1. The fourth-order valence-corrected chi connectivity index (χ4v) is 3.81. The molecule has 2 heterocycles. The quantitative estimate of drug-likeness (QED) is 0.611. The number of imidazole rings is 1. The van der Waals surface area contributed by atoms with Gasteiger partial charge in [0, 0.05) is 26.1 Å². The number of ether oxygens (including phenoxy) is 1. The number of amides is 1. The largest absolute Gasteiger partial charge is 0.368 e. The molecule has 4 rings (SSSR count). The van der Waals surface area contributed by atoms with Gasteiger partial charge in [-0.1, -0.05) is 42.5 Å². The van der Waals surface area contributed by atoms with Gasteiger partial charge in [0.15, 0.2) is 0 Å². The zero-order chi connectivity index (χ0) is 19.2. The van der Waals surface area contributed by atoms with E-state index in [0.29, 0.717) is 13.2 Å². The Hall–Kier alpha value is -2.66. The molecule has 0 saturated carbocycles. The van der Waals surface area contributed by atoms with Gasteiger partial charge in [-0.25, -0.2) is 4.98 Å². The van der Waals surface area contributed by atoms with E-state index in [2.05, 4.69) is 52.3 Å². The first-order chi connectivity index (χ1) is 13.8. The molecule has 5 heteroatoms. The van der Waals surface area contributed by atoms with Gasteiger partial charge in [-0.05, 0) is 43.4 Å². The van der Waals surface area contributed by atoms with Gasteiger partial charge < -0.3 is 14.6 Å². The third kappa shape index (κ3) is 4.42. The molecule has 0 radical (unpaired) electrons. The number of carbonyl (C=O) groups is 1. The van der Waals surface area contributed by atoms with E-state index in [0.717, 1.165) is 50.0 Å². The molecule has 3 aromatic rings. The normalized spacial score (nSPS) is 16.5. The van der Waals surface area contributed by atoms with E-state index in [1.807, 2.05) is 12.1 Å². The Bertz CT molecular complexity index is 914. The molecule has 1 aromatic heterocycles. The summed E-state index contributed by atoms with van der Waals surface area (Å²) in [4.78, 5) is 16.9. The van der Waals surface area contributed by atoms with Gasteiger partial charge in [-0.2, -0.15) is 0 Å². The van der Waals surface area contributed by atoms with Crippen LogP contribution < -0.4 is 5.32 Å². The predicted molar refractivity (Wildman–Crippen MR) is 110 cm³/mol. The van der Waals surface area contributed by atoms with Gasteiger partial charge in [0.1, 0.15) is 11.9 Å². The van der Waals surface area contributed by atoms with Crippen molar-refractivity contribution < 1.29 is 9.53 Å². The topological polar surface area (TPSA) is 56.2 Å². The van der Waals surface area contributed by atoms with Crippen LogP contribution in [-0.4, -0.2) is 34.7 Å². The summed E-state index contributed by atoms with van der Waals surface area (Å²) in [5, 5.41) is 3.00. The van der Waals surface area contributed by atoms with Crippen LogP contribution in [-0.2, 0) is 28.9 Å². The highest BCUT2D eigenvalue weighted by Gasteiger charge is 2.22. The number of aromatic nitrogens is 2. The summed E-state index contributed by atoms with van der Waals surface area (Å²) < 4.78 is 7.76. The number of hydrogen-bond acceptors (Lipinski definition) is 3. The maximum absolute atomic E-state index is 12.1. The van der Waals surface area contributed by atoms with E-state index < -0.39 is 0 Å². The minimum Gasteiger partial charge on any atom is -0.368 e. The number of hydrogen-bond donors (Lipinski definition) is 1. The summed E-state index contributed by atoms with van der Waals surface area (Å²) in [7, 11) is 0. The monoisotopic (exact) mass is 377 g/mol. The van der Waals surface area contributed by atoms with Crippen molar-refractivity contribution in [2.75, 3.05) is 13.2 Å². The summed E-state index contributed by atoms with van der Waals surface area (Å²) in [6.45, 7) is 2.26. The molecule has 0 aliphatic carbocycles. The van der Waals surface area contributed by atoms with E-state index in [9.17, 15) is 4.79 Å². The van der Waals surface area contributed by atoms with Crippen LogP contribution in [0.3, 0.4) is 0 Å². The summed E-state index contributed by atoms with van der Waals surface area (Å²) >= 11 is 0. The lowest BCUT2D eigenvalue weighted by atomic mass is 10.1. The van der Waals surface area contributed by atoms with Crippen molar-refractivity contribution >= 4 is 16.9 Å². The molecule has 1 N–H and O–H groups in total. The van der Waals surface area contributed by atoms with Gasteiger partial charge in [-0.15, -0.1) is 0 Å². The molecule has 5 nitrogen and oxygen atoms in total. The van der Waals surface area contributed by atoms with Crippen LogP contribution in [0.5, 0.6) is 0 Å². The van der Waals surface area contributed by atoms with Crippen molar-refractivity contribution in [2.45, 2.75) is 44.8 Å². The number of carbonyl (C=O) groups excluding carboxylic acids is 1. The standard InChI is InChI=1S/C23H27N3O2/c27-23(21-12-7-17-28-21)24-15-6-13-22-25-19-10-4-5-11-20(19)26(22)16-14-18-8-2-1-3-9-18/h1-5,8-11,21H,6-7,12-17H2,(H,24,27). The average molecular weight is 377 g/mol. The third-order valence-electron chi connectivity index (χ3n) is 5.30. The molecule has 1 saturated heterocycles. The van der Waals surface area contributed by atoms with Crippen LogP contribution in [0.4, 0.5) is 0 Å². The maximum atomic E-state index is 12.1. The Morgan fingerprint density at radius 1 is 1.11 bits per heavy atom. The number of nitrogens with one attached hydrogen (secondary N) is 1. The summed E-state index contributed by atoms with van der Waals surface area (Å²) in [5.74, 6) is 1.11. The number of rotatable bonds is 8. The lowest BCUT2D eigenvalue weighted by molar-refractivity contribution is -0.130. The van der Waals surface area contributed by atoms with Crippen molar-refractivity contribution in [2.24, 2.45) is 0 Å². The minimum absolute atomic E-state index is 0.0232. The fourth-order valence-electron chi connectivity index (χ4n) is 3.81. The maximum Gasteiger partial charge on any atom is 0.249 e. The molecule has 1 fully saturated rings. The number of para-hydroxylation sites is 2. The van der Waals surface area contributed by atoms with Crippen molar-refractivity contribution in [3.63, 3.8) is 0 Å². The molecular weight excluding hydrogens is 350 g/mol. The molecule has 28 heavy (non-hydrogen) atoms. The second kappa shape index (κ2) is 9.02. The van der Waals surface area contributed by atoms with E-state index in [4.69, 9.17) is 9.72 Å². The first-order valence-electron chi connectivity index (χ1n) is 10.2. The molecule has 1 aliphatic rings. The highest BCUT2D eigenvalue weighted by atomic mass is 16.5. The second-order valence-electron chi connectivity index (χ2n) is 7.30. The van der Waals surface area contributed by atoms with Gasteiger partial charge in [-0.3, -0.25) is 4.79 Å². The van der Waals surface area contributed by atoms with Gasteiger partial charge in [0.25, 0.3) is 0 Å². The first-order valence-corrected chi connectivity index (χ1v) is 10.2. The Kier molecular flexibility index (Phi) is 6.02. The molecule has 146 valence electrons. The number of aryl methyl sites for hydroxylation is 3. The van der Waals surface area contributed by atoms with Crippen molar-refractivity contribution in [1.82, 2.24) is 14.9 Å². The first kappa shape index (κ1) is 18.7. The second-order valence-corrected chi connectivity index (χ2v) is 7.30. The number of nitrogens with zero attached hydrogens (tertiary/aromatic N) is 2. The van der Waals surface area contributed by atoms with Crippen molar-refractivity contribution in [1.29, 1.82) is 0 Å². The smallest absolute Gasteiger partial charge is 0.249 e. The Labute approximate surface area is 165 Å². The Morgan fingerprint density at radius 2 is 1.93 bits per heavy atom. The third-order valence-corrected chi connectivity index (χ3v) is 5.30. The molecule has 1 aliphatic heterocycles. The van der Waals surface area contributed by atoms with Crippen LogP contribution >= 0.6 is 0 Å². The van der Waals surface area contributed by atoms with Gasteiger partial charge in [0.2, 0.25) is 5.91 Å². The van der Waals surface area contributed by atoms with E-state index >= 15 is 0 Å². The molecule has 1 unspecified atom stereocenters. The summed E-state index contributed by atoms with van der Waals surface area (Å²) in [6, 6.07) is 18.8. The van der Waals surface area contributed by atoms with Gasteiger partial charge >= 0.3 is 0 Å². The molecule has 1 amide bonds. The van der Waals surface area contributed by atoms with Crippen molar-refractivity contribution in [3.8, 4) is 0 Å². The lowest BCUT2D eigenvalue weighted by Crippen LogP contribution is -2.34. The molecule has 2 aromatic carbocycles. The lowest BCUT2D eigenvalue weighted by Gasteiger charge is -2.11. The predicted octanol–water partition coefficient (Wildman–Crippen LogP) is 3.51. The minimum atomic E-state index is -0.254. The number of benzene rings is 2. The van der Waals surface area contributed by atoms with Crippen LogP contribution in [0.15, 0.2) is 54.6 Å². The molecule has 1 atom stereocenters. The van der Waals surface area contributed by atoms with E-state index in [1.54, 1.807) is 0 Å². The van der Waals surface area contributed by atoms with E-state index in [-0.39, 0.29) is 12.0 Å². The number of fused-ring (bicyclic) bond motifs is 1. The highest BCUT2D eigenvalue weighted by molar-refractivity contribution is 5.80. The summed E-state index contributed by atoms with van der Waals surface area (Å²) in [6.07, 6.45) is 4.24. The zero-order valence-electron chi connectivity index (χ0n) is 16.1. The fraction of sp³-hybridized carbons (Fsp3) is 0.391. The average Bonchev–Trinajstić information content (AvgIpc) is 3.38. The highest BCUT2D eigenvalue weighted by Crippen LogP contribution is 2.18. The SMILES string of the molecule is O=C(NCCCc1nc2ccccc2n1CCc1ccccc1)C1CCCO1. The Balaban J connectivity index is 1.39.